The summed E-state index contributed by atoms with van der Waals surface area (Å²) in [7, 11) is 0. The van der Waals surface area contributed by atoms with Crippen molar-refractivity contribution in [3.63, 3.8) is 0 Å². The van der Waals surface area contributed by atoms with E-state index in [0.717, 1.165) is 0 Å². The Balaban J connectivity index is 2.01. The molecule has 0 spiro atoms. The maximum Gasteiger partial charge on any atom is 0.293 e. The van der Waals surface area contributed by atoms with Crippen LogP contribution >= 0.6 is 0 Å². The SMILES string of the molecule is O=COCCOC1CCCCCC1. The molecular weight excluding hydrogens is 168 g/mol. The molecule has 3 heteroatoms. The molecule has 1 saturated carbocycles. The average molecular weight is 186 g/mol. The molecule has 0 amide bonds. The highest BCUT2D eigenvalue weighted by atomic mass is 16.5. The summed E-state index contributed by atoms with van der Waals surface area (Å²) in [6.45, 7) is 1.40. The van der Waals surface area contributed by atoms with E-state index in [0.29, 0.717) is 25.8 Å². The first kappa shape index (κ1) is 10.5. The van der Waals surface area contributed by atoms with Gasteiger partial charge in [0, 0.05) is 0 Å². The monoisotopic (exact) mass is 186 g/mol. The molecule has 0 atom stereocenters. The van der Waals surface area contributed by atoms with E-state index in [2.05, 4.69) is 4.74 Å². The Kier molecular flexibility index (Phi) is 5.57. The normalized spacial score (nSPS) is 19.4. The summed E-state index contributed by atoms with van der Waals surface area (Å²) < 4.78 is 10.1. The first-order chi connectivity index (χ1) is 6.43. The van der Waals surface area contributed by atoms with Crippen LogP contribution in [0.25, 0.3) is 0 Å². The zero-order chi connectivity index (χ0) is 9.36. The minimum Gasteiger partial charge on any atom is -0.465 e. The van der Waals surface area contributed by atoms with Crippen molar-refractivity contribution >= 4 is 6.47 Å². The Morgan fingerprint density at radius 3 is 2.38 bits per heavy atom. The van der Waals surface area contributed by atoms with E-state index in [-0.39, 0.29) is 0 Å². The lowest BCUT2D eigenvalue weighted by Gasteiger charge is -2.14. The zero-order valence-corrected chi connectivity index (χ0v) is 8.04. The maximum absolute atomic E-state index is 9.83. The predicted molar refractivity (Wildman–Crippen MR) is 49.5 cm³/mol. The number of carbonyl (C=O) groups is 1. The highest BCUT2D eigenvalue weighted by molar-refractivity contribution is 5.36. The Morgan fingerprint density at radius 2 is 1.77 bits per heavy atom. The van der Waals surface area contributed by atoms with Gasteiger partial charge < -0.3 is 9.47 Å². The van der Waals surface area contributed by atoms with Gasteiger partial charge in [-0.15, -0.1) is 0 Å². The molecule has 0 aromatic heterocycles. The third kappa shape index (κ3) is 4.88. The summed E-state index contributed by atoms with van der Waals surface area (Å²) in [5.74, 6) is 0. The van der Waals surface area contributed by atoms with E-state index < -0.39 is 0 Å². The van der Waals surface area contributed by atoms with Gasteiger partial charge in [0.05, 0.1) is 12.7 Å². The smallest absolute Gasteiger partial charge is 0.293 e. The molecule has 13 heavy (non-hydrogen) atoms. The van der Waals surface area contributed by atoms with Crippen LogP contribution in [0, 0.1) is 0 Å². The van der Waals surface area contributed by atoms with Crippen molar-refractivity contribution in [2.45, 2.75) is 44.6 Å². The Bertz CT molecular complexity index is 128. The van der Waals surface area contributed by atoms with Gasteiger partial charge in [0.15, 0.2) is 0 Å². The van der Waals surface area contributed by atoms with Gasteiger partial charge in [0.2, 0.25) is 0 Å². The van der Waals surface area contributed by atoms with E-state index in [4.69, 9.17) is 4.74 Å². The standard InChI is InChI=1S/C10H18O3/c11-9-12-7-8-13-10-5-3-1-2-4-6-10/h9-10H,1-8H2. The molecule has 0 aliphatic heterocycles. The number of carbonyl (C=O) groups excluding carboxylic acids is 1. The van der Waals surface area contributed by atoms with Crippen molar-refractivity contribution in [3.05, 3.63) is 0 Å². The summed E-state index contributed by atoms with van der Waals surface area (Å²) >= 11 is 0. The lowest BCUT2D eigenvalue weighted by Crippen LogP contribution is -2.15. The van der Waals surface area contributed by atoms with Crippen molar-refractivity contribution in [3.8, 4) is 0 Å². The average Bonchev–Trinajstić information content (AvgIpc) is 2.41. The Morgan fingerprint density at radius 1 is 1.08 bits per heavy atom. The molecule has 0 aromatic rings. The molecule has 0 aromatic carbocycles. The molecule has 0 saturated heterocycles. The molecule has 76 valence electrons. The number of hydrogen-bond donors (Lipinski definition) is 0. The minimum absolute atomic E-state index is 0.389. The zero-order valence-electron chi connectivity index (χ0n) is 8.04. The first-order valence-electron chi connectivity index (χ1n) is 5.10. The topological polar surface area (TPSA) is 35.5 Å². The molecule has 0 N–H and O–H groups in total. The quantitative estimate of drug-likeness (QED) is 0.374. The minimum atomic E-state index is 0.389. The second-order valence-electron chi connectivity index (χ2n) is 3.45. The third-order valence-electron chi connectivity index (χ3n) is 2.42. The van der Waals surface area contributed by atoms with Gasteiger partial charge in [-0.3, -0.25) is 4.79 Å². The first-order valence-corrected chi connectivity index (χ1v) is 5.10. The summed E-state index contributed by atoms with van der Waals surface area (Å²) in [5.41, 5.74) is 0. The third-order valence-corrected chi connectivity index (χ3v) is 2.42. The van der Waals surface area contributed by atoms with Crippen LogP contribution < -0.4 is 0 Å². The summed E-state index contributed by atoms with van der Waals surface area (Å²) in [6.07, 6.45) is 7.97. The summed E-state index contributed by atoms with van der Waals surface area (Å²) in [4.78, 5) is 9.83. The lowest BCUT2D eigenvalue weighted by molar-refractivity contribution is -0.130. The van der Waals surface area contributed by atoms with Gasteiger partial charge in [-0.1, -0.05) is 25.7 Å². The highest BCUT2D eigenvalue weighted by Gasteiger charge is 2.11. The van der Waals surface area contributed by atoms with Gasteiger partial charge in [-0.25, -0.2) is 0 Å². The van der Waals surface area contributed by atoms with Gasteiger partial charge in [0.1, 0.15) is 6.61 Å². The van der Waals surface area contributed by atoms with Crippen molar-refractivity contribution in [2.75, 3.05) is 13.2 Å². The van der Waals surface area contributed by atoms with E-state index >= 15 is 0 Å². The van der Waals surface area contributed by atoms with Gasteiger partial charge in [-0.05, 0) is 12.8 Å². The van der Waals surface area contributed by atoms with Crippen LogP contribution in [0.1, 0.15) is 38.5 Å². The fourth-order valence-corrected chi connectivity index (χ4v) is 1.72. The molecule has 0 bridgehead atoms. The second kappa shape index (κ2) is 6.89. The maximum atomic E-state index is 9.83. The molecule has 1 rings (SSSR count). The highest BCUT2D eigenvalue weighted by Crippen LogP contribution is 2.19. The van der Waals surface area contributed by atoms with Crippen LogP contribution in [-0.4, -0.2) is 25.8 Å². The Hall–Kier alpha value is -0.570. The van der Waals surface area contributed by atoms with Crippen molar-refractivity contribution < 1.29 is 14.3 Å². The fourth-order valence-electron chi connectivity index (χ4n) is 1.72. The lowest BCUT2D eigenvalue weighted by atomic mass is 10.1. The van der Waals surface area contributed by atoms with E-state index in [1.165, 1.54) is 38.5 Å². The van der Waals surface area contributed by atoms with Crippen LogP contribution in [0.5, 0.6) is 0 Å². The van der Waals surface area contributed by atoms with Crippen LogP contribution in [0.15, 0.2) is 0 Å². The van der Waals surface area contributed by atoms with Crippen LogP contribution in [0.3, 0.4) is 0 Å². The van der Waals surface area contributed by atoms with Crippen LogP contribution in [0.4, 0.5) is 0 Å². The summed E-state index contributed by atoms with van der Waals surface area (Å²) in [5, 5.41) is 0. The molecule has 1 aliphatic carbocycles. The summed E-state index contributed by atoms with van der Waals surface area (Å²) in [6, 6.07) is 0. The van der Waals surface area contributed by atoms with Crippen LogP contribution in [0.2, 0.25) is 0 Å². The van der Waals surface area contributed by atoms with Crippen molar-refractivity contribution in [1.29, 1.82) is 0 Å². The molecule has 0 unspecified atom stereocenters. The molecule has 1 fully saturated rings. The van der Waals surface area contributed by atoms with Crippen molar-refractivity contribution in [2.24, 2.45) is 0 Å². The number of rotatable bonds is 5. The van der Waals surface area contributed by atoms with Crippen molar-refractivity contribution in [1.82, 2.24) is 0 Å². The number of ether oxygens (including phenoxy) is 2. The molecule has 0 radical (unpaired) electrons. The molecule has 3 nitrogen and oxygen atoms in total. The fraction of sp³-hybridized carbons (Fsp3) is 0.900. The predicted octanol–water partition coefficient (Wildman–Crippen LogP) is 1.90. The number of hydrogen-bond acceptors (Lipinski definition) is 3. The Labute approximate surface area is 79.4 Å². The largest absolute Gasteiger partial charge is 0.465 e. The molecule has 0 heterocycles. The van der Waals surface area contributed by atoms with E-state index in [1.807, 2.05) is 0 Å². The van der Waals surface area contributed by atoms with Gasteiger partial charge in [-0.2, -0.15) is 0 Å². The second-order valence-corrected chi connectivity index (χ2v) is 3.45. The van der Waals surface area contributed by atoms with Gasteiger partial charge in [0.25, 0.3) is 6.47 Å². The molecular formula is C10H18O3. The van der Waals surface area contributed by atoms with E-state index in [1.54, 1.807) is 0 Å². The van der Waals surface area contributed by atoms with Gasteiger partial charge >= 0.3 is 0 Å². The molecule has 1 aliphatic rings. The van der Waals surface area contributed by atoms with Crippen LogP contribution in [-0.2, 0) is 14.3 Å². The van der Waals surface area contributed by atoms with E-state index in [9.17, 15) is 4.79 Å².